The van der Waals surface area contributed by atoms with Crippen LogP contribution in [0.25, 0.3) is 0 Å². The average molecular weight is 338 g/mol. The standard InChI is InChI=1S/C15H9F3N2O2S/c16-15(17,18)10-3-6-14-12(7-10)19-13(8-23-14)9-1-4-11(5-2-9)20(21)22/h1-7H,8H2. The van der Waals surface area contributed by atoms with Crippen molar-refractivity contribution in [2.24, 2.45) is 4.99 Å². The number of nitrogens with zero attached hydrogens (tertiary/aromatic N) is 2. The fourth-order valence-corrected chi connectivity index (χ4v) is 3.09. The molecule has 4 nitrogen and oxygen atoms in total. The Morgan fingerprint density at radius 3 is 2.43 bits per heavy atom. The van der Waals surface area contributed by atoms with Crippen LogP contribution >= 0.6 is 11.8 Å². The van der Waals surface area contributed by atoms with Crippen molar-refractivity contribution in [3.05, 3.63) is 63.7 Å². The summed E-state index contributed by atoms with van der Waals surface area (Å²) in [6, 6.07) is 9.28. The second-order valence-electron chi connectivity index (χ2n) is 4.83. The molecule has 0 radical (unpaired) electrons. The lowest BCUT2D eigenvalue weighted by Crippen LogP contribution is -2.09. The minimum Gasteiger partial charge on any atom is -0.258 e. The summed E-state index contributed by atoms with van der Waals surface area (Å²) in [4.78, 5) is 15.1. The quantitative estimate of drug-likeness (QED) is 0.581. The van der Waals surface area contributed by atoms with Crippen molar-refractivity contribution in [3.63, 3.8) is 0 Å². The van der Waals surface area contributed by atoms with Crippen LogP contribution in [0.5, 0.6) is 0 Å². The number of rotatable bonds is 2. The summed E-state index contributed by atoms with van der Waals surface area (Å²) < 4.78 is 38.3. The summed E-state index contributed by atoms with van der Waals surface area (Å²) in [5.41, 5.74) is 0.732. The minimum atomic E-state index is -4.42. The van der Waals surface area contributed by atoms with Gasteiger partial charge in [-0.25, -0.2) is 0 Å². The fraction of sp³-hybridized carbons (Fsp3) is 0.133. The maximum atomic E-state index is 12.8. The summed E-state index contributed by atoms with van der Waals surface area (Å²) >= 11 is 1.39. The molecule has 0 amide bonds. The van der Waals surface area contributed by atoms with Crippen LogP contribution in [-0.4, -0.2) is 16.4 Å². The summed E-state index contributed by atoms with van der Waals surface area (Å²) in [7, 11) is 0. The summed E-state index contributed by atoms with van der Waals surface area (Å²) in [5.74, 6) is 0.496. The highest BCUT2D eigenvalue weighted by molar-refractivity contribution is 8.00. The van der Waals surface area contributed by atoms with Crippen LogP contribution in [0.4, 0.5) is 24.5 Å². The van der Waals surface area contributed by atoms with Crippen molar-refractivity contribution < 1.29 is 18.1 Å². The van der Waals surface area contributed by atoms with E-state index in [1.165, 1.54) is 30.0 Å². The van der Waals surface area contributed by atoms with E-state index in [4.69, 9.17) is 0 Å². The number of fused-ring (bicyclic) bond motifs is 1. The van der Waals surface area contributed by atoms with Crippen molar-refractivity contribution in [1.82, 2.24) is 0 Å². The molecule has 2 aromatic carbocycles. The molecule has 23 heavy (non-hydrogen) atoms. The summed E-state index contributed by atoms with van der Waals surface area (Å²) in [6.45, 7) is 0. The van der Waals surface area contributed by atoms with Crippen LogP contribution < -0.4 is 0 Å². The summed E-state index contributed by atoms with van der Waals surface area (Å²) in [6.07, 6.45) is -4.42. The molecule has 0 aliphatic carbocycles. The topological polar surface area (TPSA) is 55.5 Å². The Morgan fingerprint density at radius 2 is 1.83 bits per heavy atom. The lowest BCUT2D eigenvalue weighted by atomic mass is 10.1. The van der Waals surface area contributed by atoms with Gasteiger partial charge in [0, 0.05) is 22.8 Å². The highest BCUT2D eigenvalue weighted by atomic mass is 32.2. The van der Waals surface area contributed by atoms with Gasteiger partial charge in [-0.3, -0.25) is 15.1 Å². The highest BCUT2D eigenvalue weighted by Gasteiger charge is 2.31. The normalized spacial score (nSPS) is 14.1. The zero-order valence-electron chi connectivity index (χ0n) is 11.5. The Hall–Kier alpha value is -2.35. The maximum Gasteiger partial charge on any atom is 0.416 e. The predicted octanol–water partition coefficient (Wildman–Crippen LogP) is 4.84. The van der Waals surface area contributed by atoms with Crippen LogP contribution in [0, 0.1) is 10.1 Å². The Morgan fingerprint density at radius 1 is 1.13 bits per heavy atom. The van der Waals surface area contributed by atoms with Gasteiger partial charge in [-0.15, -0.1) is 11.8 Å². The number of hydrogen-bond acceptors (Lipinski definition) is 4. The van der Waals surface area contributed by atoms with E-state index in [0.29, 0.717) is 21.9 Å². The lowest BCUT2D eigenvalue weighted by molar-refractivity contribution is -0.384. The van der Waals surface area contributed by atoms with Crippen LogP contribution in [-0.2, 0) is 6.18 Å². The van der Waals surface area contributed by atoms with Crippen molar-refractivity contribution in [1.29, 1.82) is 0 Å². The van der Waals surface area contributed by atoms with Crippen LogP contribution in [0.15, 0.2) is 52.4 Å². The third-order valence-corrected chi connectivity index (χ3v) is 4.39. The first-order chi connectivity index (χ1) is 10.8. The smallest absolute Gasteiger partial charge is 0.258 e. The fourth-order valence-electron chi connectivity index (χ4n) is 2.15. The van der Waals surface area contributed by atoms with E-state index >= 15 is 0 Å². The molecule has 0 N–H and O–H groups in total. The van der Waals surface area contributed by atoms with E-state index in [1.807, 2.05) is 0 Å². The third-order valence-electron chi connectivity index (χ3n) is 3.32. The SMILES string of the molecule is O=[N+]([O-])c1ccc(C2=Nc3cc(C(F)(F)F)ccc3SC2)cc1. The second kappa shape index (κ2) is 5.69. The monoisotopic (exact) mass is 338 g/mol. The molecular weight excluding hydrogens is 329 g/mol. The largest absolute Gasteiger partial charge is 0.416 e. The van der Waals surface area contributed by atoms with Gasteiger partial charge in [0.15, 0.2) is 0 Å². The van der Waals surface area contributed by atoms with Crippen LogP contribution in [0.2, 0.25) is 0 Å². The molecule has 0 unspecified atom stereocenters. The number of alkyl halides is 3. The Kier molecular flexibility index (Phi) is 3.85. The molecule has 0 spiro atoms. The number of nitro groups is 1. The lowest BCUT2D eigenvalue weighted by Gasteiger charge is -2.17. The zero-order chi connectivity index (χ0) is 16.6. The van der Waals surface area contributed by atoms with E-state index in [2.05, 4.69) is 4.99 Å². The number of benzene rings is 2. The van der Waals surface area contributed by atoms with Crippen molar-refractivity contribution >= 4 is 28.8 Å². The van der Waals surface area contributed by atoms with E-state index in [1.54, 1.807) is 12.1 Å². The highest BCUT2D eigenvalue weighted by Crippen LogP contribution is 2.39. The van der Waals surface area contributed by atoms with E-state index < -0.39 is 16.7 Å². The van der Waals surface area contributed by atoms with Gasteiger partial charge in [-0.2, -0.15) is 13.2 Å². The molecule has 0 saturated heterocycles. The van der Waals surface area contributed by atoms with Gasteiger partial charge < -0.3 is 0 Å². The van der Waals surface area contributed by atoms with E-state index in [9.17, 15) is 23.3 Å². The molecule has 1 heterocycles. The number of thioether (sulfide) groups is 1. The average Bonchev–Trinajstić information content (AvgIpc) is 2.53. The van der Waals surface area contributed by atoms with E-state index in [-0.39, 0.29) is 11.4 Å². The molecule has 8 heteroatoms. The van der Waals surface area contributed by atoms with Gasteiger partial charge in [-0.1, -0.05) is 0 Å². The van der Waals surface area contributed by atoms with Crippen LogP contribution in [0.1, 0.15) is 11.1 Å². The third kappa shape index (κ3) is 3.21. The predicted molar refractivity (Wildman–Crippen MR) is 81.5 cm³/mol. The number of hydrogen-bond donors (Lipinski definition) is 0. The van der Waals surface area contributed by atoms with Gasteiger partial charge in [-0.05, 0) is 35.9 Å². The van der Waals surface area contributed by atoms with E-state index in [0.717, 1.165) is 12.1 Å². The first-order valence-corrected chi connectivity index (χ1v) is 7.49. The molecule has 0 fully saturated rings. The van der Waals surface area contributed by atoms with Crippen molar-refractivity contribution in [2.75, 3.05) is 5.75 Å². The molecule has 0 atom stereocenters. The number of non-ortho nitro benzene ring substituents is 1. The molecular formula is C15H9F3N2O2S. The molecule has 0 aromatic heterocycles. The zero-order valence-corrected chi connectivity index (χ0v) is 12.3. The first-order valence-electron chi connectivity index (χ1n) is 6.51. The van der Waals surface area contributed by atoms with Gasteiger partial charge in [0.2, 0.25) is 0 Å². The molecule has 0 saturated carbocycles. The Bertz CT molecular complexity index is 801. The maximum absolute atomic E-state index is 12.8. The molecule has 3 rings (SSSR count). The number of aliphatic imine (C=N–C) groups is 1. The molecule has 118 valence electrons. The molecule has 1 aliphatic heterocycles. The van der Waals surface area contributed by atoms with Gasteiger partial charge >= 0.3 is 6.18 Å². The number of nitro benzene ring substituents is 1. The van der Waals surface area contributed by atoms with Gasteiger partial charge in [0.1, 0.15) is 0 Å². The summed E-state index contributed by atoms with van der Waals surface area (Å²) in [5, 5.41) is 10.6. The number of halogens is 3. The van der Waals surface area contributed by atoms with Gasteiger partial charge in [0.25, 0.3) is 5.69 Å². The molecule has 0 bridgehead atoms. The van der Waals surface area contributed by atoms with Gasteiger partial charge in [0.05, 0.1) is 21.9 Å². The minimum absolute atomic E-state index is 0.0439. The Labute approximate surface area is 133 Å². The Balaban J connectivity index is 1.97. The molecule has 2 aromatic rings. The van der Waals surface area contributed by atoms with Crippen LogP contribution in [0.3, 0.4) is 0 Å². The van der Waals surface area contributed by atoms with Crippen molar-refractivity contribution in [3.8, 4) is 0 Å². The van der Waals surface area contributed by atoms with Crippen molar-refractivity contribution in [2.45, 2.75) is 11.1 Å². The first kappa shape index (κ1) is 15.5. The molecule has 1 aliphatic rings. The second-order valence-corrected chi connectivity index (χ2v) is 5.85.